The van der Waals surface area contributed by atoms with E-state index in [0.29, 0.717) is 13.3 Å². The molecule has 0 aromatic heterocycles. The number of hydrogen-bond donors (Lipinski definition) is 0. The first kappa shape index (κ1) is 10.3. The summed E-state index contributed by atoms with van der Waals surface area (Å²) in [5, 5.41) is 0. The van der Waals surface area contributed by atoms with Crippen LogP contribution in [-0.4, -0.2) is 0 Å². The summed E-state index contributed by atoms with van der Waals surface area (Å²) in [7, 11) is 0. The Morgan fingerprint density at radius 3 is 1.25 bits per heavy atom. The van der Waals surface area contributed by atoms with Crippen LogP contribution in [0.1, 0.15) is 0 Å². The van der Waals surface area contributed by atoms with E-state index in [1.165, 1.54) is 0 Å². The Morgan fingerprint density at radius 1 is 1.25 bits per heavy atom. The molecule has 0 rings (SSSR count). The molecule has 4 heteroatoms. The molecule has 0 amide bonds. The van der Waals surface area contributed by atoms with Gasteiger partial charge in [-0.05, 0) is 0 Å². The normalized spacial score (nSPS) is 5.50. The molecule has 0 fully saturated rings. The minimum atomic E-state index is 0. The fraction of sp³-hybridized carbons (Fsp3) is 0. The van der Waals surface area contributed by atoms with Crippen molar-refractivity contribution in [3.05, 3.63) is 0 Å². The molecule has 0 aromatic carbocycles. The van der Waals surface area contributed by atoms with E-state index in [4.69, 9.17) is 0 Å². The summed E-state index contributed by atoms with van der Waals surface area (Å²) < 4.78 is 0. The zero-order chi connectivity index (χ0) is 2.71. The van der Waals surface area contributed by atoms with Crippen LogP contribution in [-0.2, 0) is 32.7 Å². The molecule has 4 heavy (non-hydrogen) atoms. The van der Waals surface area contributed by atoms with E-state index in [1.807, 2.05) is 0 Å². The first-order chi connectivity index (χ1) is 1.41. The second-order valence-electron chi connectivity index (χ2n) is 0.0540. The molecule has 0 aliphatic carbocycles. The minimum absolute atomic E-state index is 0. The predicted molar refractivity (Wildman–Crippen MR) is 28.0 cm³/mol. The van der Waals surface area contributed by atoms with Crippen LogP contribution < -0.4 is 13.3 Å². The quantitative estimate of drug-likeness (QED) is 0.390. The van der Waals surface area contributed by atoms with Gasteiger partial charge in [0.1, 0.15) is 0 Å². The van der Waals surface area contributed by atoms with E-state index in [0.717, 1.165) is 0 Å². The van der Waals surface area contributed by atoms with Gasteiger partial charge in [0.15, 0.2) is 0 Å². The van der Waals surface area contributed by atoms with Crippen molar-refractivity contribution in [2.24, 2.45) is 0 Å². The van der Waals surface area contributed by atoms with Gasteiger partial charge in [0.2, 0.25) is 0 Å². The molecule has 0 heterocycles. The maximum Gasteiger partial charge on any atom is 0 e. The van der Waals surface area contributed by atoms with Gasteiger partial charge < -0.3 is 0 Å². The molecular formula is I3Y-. The Balaban J connectivity index is 0. The van der Waals surface area contributed by atoms with Crippen LogP contribution in [0.2, 0.25) is 0 Å². The number of rotatable bonds is 0. The van der Waals surface area contributed by atoms with Crippen LogP contribution >= 0.6 is 37.2 Å². The molecule has 0 spiro atoms. The standard InChI is InChI=1S/I3.Y/c1-3-2;/q-1;. The van der Waals surface area contributed by atoms with Crippen molar-refractivity contribution in [2.45, 2.75) is 0 Å². The topological polar surface area (TPSA) is 0 Å². The second-order valence-corrected chi connectivity index (χ2v) is 16.3. The van der Waals surface area contributed by atoms with Crippen molar-refractivity contribution in [3.8, 4) is 0 Å². The van der Waals surface area contributed by atoms with Gasteiger partial charge in [-0.25, -0.2) is 0 Å². The van der Waals surface area contributed by atoms with Crippen molar-refractivity contribution in [1.29, 1.82) is 0 Å². The van der Waals surface area contributed by atoms with Crippen LogP contribution in [0, 0.1) is 0 Å². The van der Waals surface area contributed by atoms with Gasteiger partial charge in [-0.3, -0.25) is 0 Å². The molecule has 0 nitrogen and oxygen atoms in total. The van der Waals surface area contributed by atoms with E-state index in [1.54, 1.807) is 0 Å². The molecule has 0 N–H and O–H groups in total. The van der Waals surface area contributed by atoms with Gasteiger partial charge in [0.05, 0.1) is 0 Å². The fourth-order valence-electron chi connectivity index (χ4n) is 0. The molecular weight excluding hydrogens is 470 g/mol. The Hall–Kier alpha value is 3.29. The zero-order valence-electron chi connectivity index (χ0n) is 1.71. The summed E-state index contributed by atoms with van der Waals surface area (Å²) in [5.74, 6) is 0. The van der Waals surface area contributed by atoms with Gasteiger partial charge in [-0.2, -0.15) is 0 Å². The molecule has 0 saturated heterocycles. The van der Waals surface area contributed by atoms with Gasteiger partial charge >= 0.3 is 50.5 Å². The maximum atomic E-state index is 2.39. The fourth-order valence-corrected chi connectivity index (χ4v) is 0. The average molecular weight is 470 g/mol. The maximum absolute atomic E-state index is 2.39. The van der Waals surface area contributed by atoms with Gasteiger partial charge in [-0.1, -0.05) is 0 Å². The largest absolute Gasteiger partial charge is 0 e. The first-order valence-electron chi connectivity index (χ1n) is 0.286. The van der Waals surface area contributed by atoms with Crippen LogP contribution in [0.4, 0.5) is 0 Å². The summed E-state index contributed by atoms with van der Waals surface area (Å²) in [6.45, 7) is 0. The van der Waals surface area contributed by atoms with Crippen molar-refractivity contribution < 1.29 is 46.0 Å². The Bertz CT molecular complexity index is 3.25. The molecule has 1 radical (unpaired) electrons. The predicted octanol–water partition coefficient (Wildman–Crippen LogP) is -1.23. The van der Waals surface area contributed by atoms with E-state index < -0.39 is 0 Å². The van der Waals surface area contributed by atoms with E-state index in [9.17, 15) is 0 Å². The molecule has 0 bridgehead atoms. The van der Waals surface area contributed by atoms with E-state index in [2.05, 4.69) is 37.2 Å². The van der Waals surface area contributed by atoms with Crippen LogP contribution in [0.15, 0.2) is 0 Å². The van der Waals surface area contributed by atoms with Crippen LogP contribution in [0.5, 0.6) is 0 Å². The Kier molecular flexibility index (Phi) is 24.7. The SMILES string of the molecule is I[I-]I.[Y]. The molecule has 0 atom stereocenters. The van der Waals surface area contributed by atoms with Gasteiger partial charge in [0.25, 0.3) is 0 Å². The molecule has 0 aliphatic rings. The Morgan fingerprint density at radius 2 is 1.25 bits per heavy atom. The van der Waals surface area contributed by atoms with Crippen molar-refractivity contribution in [2.75, 3.05) is 0 Å². The van der Waals surface area contributed by atoms with Crippen molar-refractivity contribution >= 4 is 37.2 Å². The average Bonchev–Trinajstić information content (AvgIpc) is 0.918. The smallest absolute Gasteiger partial charge is 0 e. The van der Waals surface area contributed by atoms with Gasteiger partial charge in [-0.15, -0.1) is 0 Å². The molecule has 25 valence electrons. The van der Waals surface area contributed by atoms with Crippen molar-refractivity contribution in [3.63, 3.8) is 0 Å². The summed E-state index contributed by atoms with van der Waals surface area (Å²) in [4.78, 5) is 0. The van der Waals surface area contributed by atoms with Crippen molar-refractivity contribution in [1.82, 2.24) is 0 Å². The molecule has 0 aliphatic heterocycles. The summed E-state index contributed by atoms with van der Waals surface area (Å²) >= 11 is 5.30. The first-order valence-corrected chi connectivity index (χ1v) is 12.9. The zero-order valence-corrected chi connectivity index (χ0v) is 11.0. The third-order valence-corrected chi connectivity index (χ3v) is 0. The Labute approximate surface area is 80.7 Å². The third-order valence-electron chi connectivity index (χ3n) is 0. The second kappa shape index (κ2) is 9.57. The van der Waals surface area contributed by atoms with Crippen LogP contribution in [0.25, 0.3) is 0 Å². The summed E-state index contributed by atoms with van der Waals surface area (Å²) in [5.41, 5.74) is 0. The number of hydrogen-bond acceptors (Lipinski definition) is 0. The monoisotopic (exact) mass is 470 g/mol. The van der Waals surface area contributed by atoms with Crippen LogP contribution in [0.3, 0.4) is 0 Å². The summed E-state index contributed by atoms with van der Waals surface area (Å²) in [6.07, 6.45) is 0. The van der Waals surface area contributed by atoms with Gasteiger partial charge in [0, 0.05) is 32.7 Å². The van der Waals surface area contributed by atoms with E-state index >= 15 is 0 Å². The summed E-state index contributed by atoms with van der Waals surface area (Å²) in [6, 6.07) is 0. The molecule has 0 unspecified atom stereocenters. The molecule has 0 saturated carbocycles. The molecule has 0 aromatic rings. The number of halogens is 3. The minimum Gasteiger partial charge on any atom is 0 e. The van der Waals surface area contributed by atoms with E-state index in [-0.39, 0.29) is 32.7 Å². The third kappa shape index (κ3) is 9.00.